The van der Waals surface area contributed by atoms with Gasteiger partial charge in [0.1, 0.15) is 18.5 Å². The molecule has 0 aliphatic heterocycles. The van der Waals surface area contributed by atoms with Gasteiger partial charge in [0.25, 0.3) is 0 Å². The lowest BCUT2D eigenvalue weighted by Crippen LogP contribution is -2.01. The van der Waals surface area contributed by atoms with Crippen LogP contribution in [-0.4, -0.2) is 24.7 Å². The highest BCUT2D eigenvalue weighted by atomic mass is 16.6. The van der Waals surface area contributed by atoms with Crippen LogP contribution in [0.1, 0.15) is 5.69 Å². The summed E-state index contributed by atoms with van der Waals surface area (Å²) in [5.41, 5.74) is 1.48. The van der Waals surface area contributed by atoms with Gasteiger partial charge >= 0.3 is 5.95 Å². The zero-order valence-electron chi connectivity index (χ0n) is 10.2. The smallest absolute Gasteiger partial charge is 0.444 e. The van der Waals surface area contributed by atoms with Crippen molar-refractivity contribution >= 4 is 5.95 Å². The Kier molecular flexibility index (Phi) is 2.96. The summed E-state index contributed by atoms with van der Waals surface area (Å²) in [6.07, 6.45) is 2.78. The molecule has 0 radical (unpaired) electrons. The second-order valence-electron chi connectivity index (χ2n) is 4.01. The third-order valence-corrected chi connectivity index (χ3v) is 2.58. The zero-order chi connectivity index (χ0) is 13.9. The second-order valence-corrected chi connectivity index (χ2v) is 4.01. The molecule has 8 nitrogen and oxygen atoms in total. The van der Waals surface area contributed by atoms with E-state index in [1.165, 1.54) is 17.3 Å². The number of hydrogen-bond donors (Lipinski definition) is 0. The lowest BCUT2D eigenvalue weighted by Gasteiger charge is -1.92. The first-order valence-electron chi connectivity index (χ1n) is 5.76. The first-order valence-corrected chi connectivity index (χ1v) is 5.76. The summed E-state index contributed by atoms with van der Waals surface area (Å²) in [7, 11) is 0. The minimum atomic E-state index is -0.644. The van der Waals surface area contributed by atoms with Gasteiger partial charge in [0.15, 0.2) is 0 Å². The average molecular weight is 271 g/mol. The van der Waals surface area contributed by atoms with Crippen molar-refractivity contribution in [2.24, 2.45) is 0 Å². The molecule has 0 saturated heterocycles. The molecule has 0 bridgehead atoms. The second kappa shape index (κ2) is 4.92. The minimum absolute atomic E-state index is 0.261. The molecule has 8 heteroatoms. The standard InChI is InChI=1S/C12H9N5O3/c18-17(19)12-13-8-16(15-12)6-10-7-20-11(14-10)9-4-2-1-3-5-9/h1-5,7-8H,6H2. The molecule has 0 N–H and O–H groups in total. The predicted molar refractivity (Wildman–Crippen MR) is 67.7 cm³/mol. The van der Waals surface area contributed by atoms with E-state index in [-0.39, 0.29) is 6.54 Å². The molecule has 0 fully saturated rings. The van der Waals surface area contributed by atoms with Crippen LogP contribution in [0.4, 0.5) is 5.95 Å². The summed E-state index contributed by atoms with van der Waals surface area (Å²) in [5.74, 6) is 0.0620. The normalized spacial score (nSPS) is 10.6. The first kappa shape index (κ1) is 12.0. The van der Waals surface area contributed by atoms with Crippen molar-refractivity contribution in [1.29, 1.82) is 0 Å². The van der Waals surface area contributed by atoms with E-state index in [0.717, 1.165) is 5.56 Å². The molecule has 0 spiro atoms. The highest BCUT2D eigenvalue weighted by molar-refractivity contribution is 5.52. The molecule has 0 saturated carbocycles. The summed E-state index contributed by atoms with van der Waals surface area (Å²) < 4.78 is 6.71. The van der Waals surface area contributed by atoms with Crippen LogP contribution in [-0.2, 0) is 6.54 Å². The van der Waals surface area contributed by atoms with Crippen LogP contribution >= 0.6 is 0 Å². The maximum absolute atomic E-state index is 10.5. The molecule has 0 atom stereocenters. The molecule has 0 aliphatic rings. The fourth-order valence-corrected chi connectivity index (χ4v) is 1.70. The molecule has 1 aromatic carbocycles. The molecule has 2 aromatic heterocycles. The Labute approximate surface area is 112 Å². The van der Waals surface area contributed by atoms with Crippen LogP contribution < -0.4 is 0 Å². The van der Waals surface area contributed by atoms with Crippen molar-refractivity contribution in [3.8, 4) is 11.5 Å². The summed E-state index contributed by atoms with van der Waals surface area (Å²) in [5, 5.41) is 14.2. The number of hydrogen-bond acceptors (Lipinski definition) is 6. The SMILES string of the molecule is O=[N+]([O-])c1ncn(Cc2coc(-c3ccccc3)n2)n1. The van der Waals surface area contributed by atoms with Gasteiger partial charge in [0.05, 0.1) is 0 Å². The van der Waals surface area contributed by atoms with E-state index in [2.05, 4.69) is 15.1 Å². The van der Waals surface area contributed by atoms with Crippen LogP contribution in [0.15, 0.2) is 47.3 Å². The monoisotopic (exact) mass is 271 g/mol. The van der Waals surface area contributed by atoms with Gasteiger partial charge in [-0.25, -0.2) is 4.98 Å². The molecule has 3 rings (SSSR count). The van der Waals surface area contributed by atoms with E-state index in [1.807, 2.05) is 30.3 Å². The third-order valence-electron chi connectivity index (χ3n) is 2.58. The van der Waals surface area contributed by atoms with Gasteiger partial charge in [0, 0.05) is 10.7 Å². The Morgan fingerprint density at radius 3 is 2.80 bits per heavy atom. The summed E-state index contributed by atoms with van der Waals surface area (Å²) >= 11 is 0. The Bertz CT molecular complexity index is 734. The van der Waals surface area contributed by atoms with E-state index in [4.69, 9.17) is 4.42 Å². The zero-order valence-corrected chi connectivity index (χ0v) is 10.2. The van der Waals surface area contributed by atoms with Crippen LogP contribution in [0.5, 0.6) is 0 Å². The molecular weight excluding hydrogens is 262 g/mol. The number of rotatable bonds is 4. The first-order chi connectivity index (χ1) is 9.72. The maximum Gasteiger partial charge on any atom is 0.490 e. The molecule has 100 valence electrons. The highest BCUT2D eigenvalue weighted by Crippen LogP contribution is 2.18. The average Bonchev–Trinajstić information content (AvgIpc) is 3.10. The maximum atomic E-state index is 10.5. The number of benzene rings is 1. The van der Waals surface area contributed by atoms with Crippen molar-refractivity contribution < 1.29 is 9.34 Å². The highest BCUT2D eigenvalue weighted by Gasteiger charge is 2.14. The van der Waals surface area contributed by atoms with E-state index in [9.17, 15) is 10.1 Å². The van der Waals surface area contributed by atoms with Gasteiger partial charge in [-0.1, -0.05) is 23.2 Å². The van der Waals surface area contributed by atoms with E-state index in [0.29, 0.717) is 11.6 Å². The Morgan fingerprint density at radius 2 is 2.10 bits per heavy atom. The minimum Gasteiger partial charge on any atom is -0.444 e. The van der Waals surface area contributed by atoms with Gasteiger partial charge in [-0.3, -0.25) is 0 Å². The van der Waals surface area contributed by atoms with Crippen molar-refractivity contribution in [1.82, 2.24) is 19.7 Å². The predicted octanol–water partition coefficient (Wildman–Crippen LogP) is 1.89. The lowest BCUT2D eigenvalue weighted by atomic mass is 10.2. The Morgan fingerprint density at radius 1 is 1.30 bits per heavy atom. The van der Waals surface area contributed by atoms with Gasteiger partial charge in [-0.15, -0.1) is 0 Å². The van der Waals surface area contributed by atoms with Crippen LogP contribution in [0, 0.1) is 10.1 Å². The molecule has 2 heterocycles. The van der Waals surface area contributed by atoms with Crippen molar-refractivity contribution in [3.63, 3.8) is 0 Å². The molecule has 0 unspecified atom stereocenters. The van der Waals surface area contributed by atoms with Crippen LogP contribution in [0.25, 0.3) is 11.5 Å². The third kappa shape index (κ3) is 2.39. The van der Waals surface area contributed by atoms with Crippen LogP contribution in [0.2, 0.25) is 0 Å². The number of nitrogens with zero attached hydrogens (tertiary/aromatic N) is 5. The fraction of sp³-hybridized carbons (Fsp3) is 0.0833. The van der Waals surface area contributed by atoms with Crippen LogP contribution in [0.3, 0.4) is 0 Å². The molecule has 3 aromatic rings. The number of aromatic nitrogens is 4. The molecule has 0 amide bonds. The summed E-state index contributed by atoms with van der Waals surface area (Å²) in [6, 6.07) is 9.45. The van der Waals surface area contributed by atoms with Crippen molar-refractivity contribution in [3.05, 3.63) is 58.7 Å². The van der Waals surface area contributed by atoms with Gasteiger partial charge in [-0.05, 0) is 17.1 Å². The summed E-state index contributed by atoms with van der Waals surface area (Å²) in [4.78, 5) is 17.7. The van der Waals surface area contributed by atoms with Crippen molar-refractivity contribution in [2.45, 2.75) is 6.54 Å². The number of nitro groups is 1. The van der Waals surface area contributed by atoms with E-state index in [1.54, 1.807) is 0 Å². The largest absolute Gasteiger partial charge is 0.490 e. The lowest BCUT2D eigenvalue weighted by molar-refractivity contribution is -0.394. The molecule has 0 aliphatic carbocycles. The van der Waals surface area contributed by atoms with E-state index < -0.39 is 10.9 Å². The summed E-state index contributed by atoms with van der Waals surface area (Å²) in [6.45, 7) is 0.261. The van der Waals surface area contributed by atoms with E-state index >= 15 is 0 Å². The molecule has 20 heavy (non-hydrogen) atoms. The Hall–Kier alpha value is -3.03. The fourth-order valence-electron chi connectivity index (χ4n) is 1.70. The molecular formula is C12H9N5O3. The van der Waals surface area contributed by atoms with Gasteiger partial charge in [0.2, 0.25) is 12.2 Å². The topological polar surface area (TPSA) is 99.9 Å². The van der Waals surface area contributed by atoms with Crippen molar-refractivity contribution in [2.75, 3.05) is 0 Å². The quantitative estimate of drug-likeness (QED) is 0.530. The van der Waals surface area contributed by atoms with Gasteiger partial charge in [-0.2, -0.15) is 4.68 Å². The van der Waals surface area contributed by atoms with Gasteiger partial charge < -0.3 is 14.5 Å². The Balaban J connectivity index is 1.78. The number of oxazole rings is 1.